The molecule has 0 saturated heterocycles. The maximum atomic E-state index is 12.4. The number of carbonyl (C=O) groups is 2. The number of nitrogens with one attached hydrogen (secondary N) is 3. The van der Waals surface area contributed by atoms with Crippen LogP contribution in [0.2, 0.25) is 0 Å². The van der Waals surface area contributed by atoms with E-state index in [1.54, 1.807) is 25.2 Å². The van der Waals surface area contributed by atoms with Gasteiger partial charge in [-0.05, 0) is 61.0 Å². The van der Waals surface area contributed by atoms with Crippen LogP contribution in [0.3, 0.4) is 0 Å². The number of aryl methyl sites for hydroxylation is 1. The molecule has 0 aliphatic heterocycles. The molecule has 7 heteroatoms. The molecule has 28 heavy (non-hydrogen) atoms. The minimum Gasteiger partial charge on any atom is -0.494 e. The van der Waals surface area contributed by atoms with Gasteiger partial charge in [0, 0.05) is 24.7 Å². The third-order valence-electron chi connectivity index (χ3n) is 3.93. The number of anilines is 1. The molecule has 2 amide bonds. The van der Waals surface area contributed by atoms with Gasteiger partial charge in [-0.25, -0.2) is 0 Å². The topological polar surface area (TPSA) is 79.5 Å². The highest BCUT2D eigenvalue weighted by Gasteiger charge is 2.09. The number of thiocarbonyl (C=S) groups is 1. The van der Waals surface area contributed by atoms with E-state index in [9.17, 15) is 9.59 Å². The van der Waals surface area contributed by atoms with Crippen LogP contribution in [0, 0.1) is 0 Å². The zero-order chi connectivity index (χ0) is 20.4. The van der Waals surface area contributed by atoms with Crippen LogP contribution >= 0.6 is 12.2 Å². The lowest BCUT2D eigenvalue weighted by molar-refractivity contribution is -0.120. The Hall–Kier alpha value is -2.93. The van der Waals surface area contributed by atoms with Crippen molar-refractivity contribution in [2.75, 3.05) is 19.0 Å². The molecular weight excluding hydrogens is 374 g/mol. The molecule has 0 bridgehead atoms. The lowest BCUT2D eigenvalue weighted by Gasteiger charge is -2.11. The summed E-state index contributed by atoms with van der Waals surface area (Å²) >= 11 is 5.22. The fourth-order valence-corrected chi connectivity index (χ4v) is 2.63. The molecule has 0 fully saturated rings. The molecule has 2 aromatic carbocycles. The molecule has 0 spiro atoms. The smallest absolute Gasteiger partial charge is 0.257 e. The molecule has 2 aromatic rings. The third-order valence-corrected chi connectivity index (χ3v) is 4.13. The Morgan fingerprint density at radius 3 is 2.54 bits per heavy atom. The average Bonchev–Trinajstić information content (AvgIpc) is 2.71. The quantitative estimate of drug-likeness (QED) is 0.594. The molecular formula is C21H25N3O3S. The van der Waals surface area contributed by atoms with Gasteiger partial charge in [0.1, 0.15) is 5.75 Å². The van der Waals surface area contributed by atoms with Crippen molar-refractivity contribution in [1.82, 2.24) is 10.6 Å². The second-order valence-electron chi connectivity index (χ2n) is 6.15. The maximum absolute atomic E-state index is 12.4. The van der Waals surface area contributed by atoms with E-state index in [0.717, 1.165) is 17.7 Å². The molecule has 0 atom stereocenters. The summed E-state index contributed by atoms with van der Waals surface area (Å²) in [5.41, 5.74) is 2.28. The summed E-state index contributed by atoms with van der Waals surface area (Å²) in [7, 11) is 1.62. The monoisotopic (exact) mass is 399 g/mol. The first kappa shape index (κ1) is 21.4. The third kappa shape index (κ3) is 7.00. The van der Waals surface area contributed by atoms with Crippen molar-refractivity contribution in [2.45, 2.75) is 26.2 Å². The number of ether oxygens (including phenoxy) is 1. The van der Waals surface area contributed by atoms with Crippen molar-refractivity contribution >= 4 is 34.8 Å². The molecule has 0 aliphatic rings. The summed E-state index contributed by atoms with van der Waals surface area (Å²) in [6.07, 6.45) is 2.01. The highest BCUT2D eigenvalue weighted by atomic mass is 32.1. The van der Waals surface area contributed by atoms with Gasteiger partial charge in [0.05, 0.1) is 6.61 Å². The first-order valence-corrected chi connectivity index (χ1v) is 9.57. The van der Waals surface area contributed by atoms with Crippen LogP contribution in [-0.4, -0.2) is 30.6 Å². The maximum Gasteiger partial charge on any atom is 0.257 e. The fraction of sp³-hybridized carbons (Fsp3) is 0.286. The highest BCUT2D eigenvalue weighted by molar-refractivity contribution is 7.80. The van der Waals surface area contributed by atoms with Gasteiger partial charge in [-0.3, -0.25) is 14.9 Å². The number of hydrogen-bond donors (Lipinski definition) is 3. The second kappa shape index (κ2) is 11.0. The Morgan fingerprint density at radius 1 is 1.11 bits per heavy atom. The molecule has 2 rings (SSSR count). The van der Waals surface area contributed by atoms with Gasteiger partial charge in [-0.15, -0.1) is 0 Å². The largest absolute Gasteiger partial charge is 0.494 e. The minimum absolute atomic E-state index is 0.00950. The van der Waals surface area contributed by atoms with E-state index in [-0.39, 0.29) is 16.9 Å². The SMILES string of the molecule is CCCOc1cccc(C(=O)NC(=S)Nc2ccc(CCC(=O)NC)cc2)c1. The minimum atomic E-state index is -0.304. The summed E-state index contributed by atoms with van der Waals surface area (Å²) < 4.78 is 5.55. The van der Waals surface area contributed by atoms with E-state index < -0.39 is 0 Å². The molecule has 0 aromatic heterocycles. The Labute approximate surface area is 170 Å². The highest BCUT2D eigenvalue weighted by Crippen LogP contribution is 2.14. The van der Waals surface area contributed by atoms with Crippen LogP contribution in [0.15, 0.2) is 48.5 Å². The zero-order valence-electron chi connectivity index (χ0n) is 16.1. The lowest BCUT2D eigenvalue weighted by Crippen LogP contribution is -2.34. The van der Waals surface area contributed by atoms with Crippen molar-refractivity contribution in [3.63, 3.8) is 0 Å². The number of amides is 2. The van der Waals surface area contributed by atoms with Gasteiger partial charge >= 0.3 is 0 Å². The van der Waals surface area contributed by atoms with Gasteiger partial charge in [0.2, 0.25) is 5.91 Å². The normalized spacial score (nSPS) is 10.1. The molecule has 6 nitrogen and oxygen atoms in total. The number of rotatable bonds is 8. The molecule has 0 unspecified atom stereocenters. The predicted molar refractivity (Wildman–Crippen MR) is 115 cm³/mol. The Balaban J connectivity index is 1.87. The predicted octanol–water partition coefficient (Wildman–Crippen LogP) is 3.28. The molecule has 3 N–H and O–H groups in total. The zero-order valence-corrected chi connectivity index (χ0v) is 16.9. The van der Waals surface area contributed by atoms with Gasteiger partial charge in [-0.1, -0.05) is 25.1 Å². The van der Waals surface area contributed by atoms with Crippen molar-refractivity contribution in [1.29, 1.82) is 0 Å². The Bertz CT molecular complexity index is 822. The fourth-order valence-electron chi connectivity index (χ4n) is 2.42. The van der Waals surface area contributed by atoms with Crippen LogP contribution in [0.4, 0.5) is 5.69 Å². The van der Waals surface area contributed by atoms with Crippen LogP contribution in [-0.2, 0) is 11.2 Å². The van der Waals surface area contributed by atoms with E-state index in [2.05, 4.69) is 16.0 Å². The second-order valence-corrected chi connectivity index (χ2v) is 6.56. The van der Waals surface area contributed by atoms with E-state index in [1.807, 2.05) is 37.3 Å². The van der Waals surface area contributed by atoms with Crippen molar-refractivity contribution in [2.24, 2.45) is 0 Å². The van der Waals surface area contributed by atoms with Crippen molar-refractivity contribution in [3.05, 3.63) is 59.7 Å². The Morgan fingerprint density at radius 2 is 1.86 bits per heavy atom. The number of benzene rings is 2. The van der Waals surface area contributed by atoms with Crippen LogP contribution < -0.4 is 20.7 Å². The van der Waals surface area contributed by atoms with E-state index >= 15 is 0 Å². The van der Waals surface area contributed by atoms with Crippen molar-refractivity contribution < 1.29 is 14.3 Å². The van der Waals surface area contributed by atoms with E-state index in [0.29, 0.717) is 30.8 Å². The summed E-state index contributed by atoms with van der Waals surface area (Å²) in [6, 6.07) is 14.5. The van der Waals surface area contributed by atoms with Crippen LogP contribution in [0.5, 0.6) is 5.75 Å². The number of hydrogen-bond acceptors (Lipinski definition) is 4. The van der Waals surface area contributed by atoms with E-state index in [1.165, 1.54) is 0 Å². The molecule has 0 aliphatic carbocycles. The lowest BCUT2D eigenvalue weighted by atomic mass is 10.1. The summed E-state index contributed by atoms with van der Waals surface area (Å²) in [6.45, 7) is 2.62. The van der Waals surface area contributed by atoms with Crippen LogP contribution in [0.1, 0.15) is 35.7 Å². The molecule has 148 valence electrons. The van der Waals surface area contributed by atoms with Crippen molar-refractivity contribution in [3.8, 4) is 5.75 Å². The van der Waals surface area contributed by atoms with Crippen LogP contribution in [0.25, 0.3) is 0 Å². The molecule has 0 radical (unpaired) electrons. The van der Waals surface area contributed by atoms with Gasteiger partial charge in [0.15, 0.2) is 5.11 Å². The summed E-state index contributed by atoms with van der Waals surface area (Å²) in [5.74, 6) is 0.359. The molecule has 0 saturated carbocycles. The average molecular weight is 400 g/mol. The first-order chi connectivity index (χ1) is 13.5. The standard InChI is InChI=1S/C21H25N3O3S/c1-3-13-27-18-6-4-5-16(14-18)20(26)24-21(28)23-17-10-7-15(8-11-17)9-12-19(25)22-2/h4-8,10-11,14H,3,9,12-13H2,1-2H3,(H,22,25)(H2,23,24,26,28). The number of carbonyl (C=O) groups excluding carboxylic acids is 2. The van der Waals surface area contributed by atoms with Gasteiger partial charge in [0.25, 0.3) is 5.91 Å². The summed E-state index contributed by atoms with van der Waals surface area (Å²) in [5, 5.41) is 8.46. The first-order valence-electron chi connectivity index (χ1n) is 9.16. The summed E-state index contributed by atoms with van der Waals surface area (Å²) in [4.78, 5) is 23.7. The Kier molecular flexibility index (Phi) is 8.42. The molecule has 0 heterocycles. The van der Waals surface area contributed by atoms with Gasteiger partial charge < -0.3 is 15.4 Å². The van der Waals surface area contributed by atoms with Gasteiger partial charge in [-0.2, -0.15) is 0 Å². The van der Waals surface area contributed by atoms with E-state index in [4.69, 9.17) is 17.0 Å².